The van der Waals surface area contributed by atoms with E-state index >= 15 is 0 Å². The van der Waals surface area contributed by atoms with Crippen molar-refractivity contribution in [2.75, 3.05) is 13.1 Å². The number of rotatable bonds is 2. The highest BCUT2D eigenvalue weighted by Crippen LogP contribution is 2.28. The average molecular weight is 231 g/mol. The number of aromatic nitrogens is 2. The molecule has 1 aromatic heterocycles. The van der Waals surface area contributed by atoms with E-state index in [1.165, 1.54) is 6.42 Å². The number of aryl methyl sites for hydroxylation is 1. The van der Waals surface area contributed by atoms with Gasteiger partial charge in [-0.1, -0.05) is 6.07 Å². The van der Waals surface area contributed by atoms with Gasteiger partial charge in [0.05, 0.1) is 16.6 Å². The summed E-state index contributed by atoms with van der Waals surface area (Å²) < 4.78 is 2.03. The summed E-state index contributed by atoms with van der Waals surface area (Å²) in [6, 6.07) is 5.62. The molecule has 3 rings (SSSR count). The number of hydrogen-bond donors (Lipinski definition) is 2. The summed E-state index contributed by atoms with van der Waals surface area (Å²) in [6.45, 7) is 5.06. The Labute approximate surface area is 100 Å². The predicted molar refractivity (Wildman–Crippen MR) is 67.1 cm³/mol. The normalized spacial score (nSPS) is 20.2. The van der Waals surface area contributed by atoms with Crippen LogP contribution in [0.1, 0.15) is 12.1 Å². The Hall–Kier alpha value is -1.55. The van der Waals surface area contributed by atoms with Crippen LogP contribution in [-0.2, 0) is 6.54 Å². The zero-order valence-corrected chi connectivity index (χ0v) is 9.98. The Kier molecular flexibility index (Phi) is 2.52. The Bertz CT molecular complexity index is 541. The predicted octanol–water partition coefficient (Wildman–Crippen LogP) is 1.66. The van der Waals surface area contributed by atoms with Crippen molar-refractivity contribution in [3.63, 3.8) is 0 Å². The first-order valence-corrected chi connectivity index (χ1v) is 6.11. The first-order chi connectivity index (χ1) is 8.25. The standard InChI is InChI=1S/C13H17N3O/c1-9-13-11(3-2-4-12(13)17)16(15-9)8-10-5-6-14-7-10/h2-4,10,14,17H,5-8H2,1H3. The molecule has 4 heteroatoms. The van der Waals surface area contributed by atoms with Crippen LogP contribution in [0.4, 0.5) is 0 Å². The van der Waals surface area contributed by atoms with E-state index in [9.17, 15) is 5.11 Å². The third-order valence-electron chi connectivity index (χ3n) is 3.52. The van der Waals surface area contributed by atoms with Crippen LogP contribution in [0.25, 0.3) is 10.9 Å². The van der Waals surface area contributed by atoms with Crippen molar-refractivity contribution >= 4 is 10.9 Å². The second kappa shape index (κ2) is 4.04. The van der Waals surface area contributed by atoms with Crippen LogP contribution in [0, 0.1) is 12.8 Å². The van der Waals surface area contributed by atoms with Gasteiger partial charge < -0.3 is 10.4 Å². The Morgan fingerprint density at radius 1 is 1.53 bits per heavy atom. The molecule has 17 heavy (non-hydrogen) atoms. The summed E-state index contributed by atoms with van der Waals surface area (Å²) in [5.41, 5.74) is 1.94. The molecule has 0 radical (unpaired) electrons. The van der Waals surface area contributed by atoms with Crippen molar-refractivity contribution in [1.29, 1.82) is 0 Å². The topological polar surface area (TPSA) is 50.1 Å². The minimum absolute atomic E-state index is 0.329. The molecule has 1 fully saturated rings. The maximum absolute atomic E-state index is 9.86. The maximum Gasteiger partial charge on any atom is 0.126 e. The molecule has 0 amide bonds. The zero-order valence-electron chi connectivity index (χ0n) is 9.98. The van der Waals surface area contributed by atoms with Gasteiger partial charge in [0.1, 0.15) is 5.75 Å². The van der Waals surface area contributed by atoms with Gasteiger partial charge in [-0.3, -0.25) is 4.68 Å². The number of phenolic OH excluding ortho intramolecular Hbond substituents is 1. The molecular formula is C13H17N3O. The Balaban J connectivity index is 2.01. The van der Waals surface area contributed by atoms with E-state index in [0.717, 1.165) is 36.2 Å². The number of phenols is 1. The first kappa shape index (κ1) is 10.6. The second-order valence-corrected chi connectivity index (χ2v) is 4.80. The van der Waals surface area contributed by atoms with Gasteiger partial charge in [-0.25, -0.2) is 0 Å². The third-order valence-corrected chi connectivity index (χ3v) is 3.52. The number of benzene rings is 1. The molecule has 4 nitrogen and oxygen atoms in total. The molecule has 0 aliphatic carbocycles. The summed E-state index contributed by atoms with van der Waals surface area (Å²) >= 11 is 0. The molecule has 1 atom stereocenters. The Morgan fingerprint density at radius 3 is 3.18 bits per heavy atom. The van der Waals surface area contributed by atoms with Gasteiger partial charge in [0.25, 0.3) is 0 Å². The number of aromatic hydroxyl groups is 1. The number of nitrogens with one attached hydrogen (secondary N) is 1. The van der Waals surface area contributed by atoms with Crippen LogP contribution in [0.3, 0.4) is 0 Å². The average Bonchev–Trinajstić information content (AvgIpc) is 2.90. The SMILES string of the molecule is Cc1nn(CC2CCNC2)c2cccc(O)c12. The van der Waals surface area contributed by atoms with Crippen LogP contribution in [0.5, 0.6) is 5.75 Å². The summed E-state index contributed by atoms with van der Waals surface area (Å²) in [5, 5.41) is 18.7. The lowest BCUT2D eigenvalue weighted by atomic mass is 10.1. The van der Waals surface area contributed by atoms with E-state index in [1.807, 2.05) is 23.7 Å². The summed E-state index contributed by atoms with van der Waals surface area (Å²) in [6.07, 6.45) is 1.21. The molecule has 0 saturated carbocycles. The fourth-order valence-electron chi connectivity index (χ4n) is 2.65. The van der Waals surface area contributed by atoms with Crippen molar-refractivity contribution in [3.05, 3.63) is 23.9 Å². The molecule has 0 bridgehead atoms. The molecule has 1 aliphatic heterocycles. The lowest BCUT2D eigenvalue weighted by molar-refractivity contribution is 0.457. The Morgan fingerprint density at radius 2 is 2.41 bits per heavy atom. The van der Waals surface area contributed by atoms with Crippen LogP contribution in [0.2, 0.25) is 0 Å². The van der Waals surface area contributed by atoms with Crippen molar-refractivity contribution in [1.82, 2.24) is 15.1 Å². The van der Waals surface area contributed by atoms with E-state index in [0.29, 0.717) is 11.7 Å². The fourth-order valence-corrected chi connectivity index (χ4v) is 2.65. The van der Waals surface area contributed by atoms with Crippen LogP contribution in [0.15, 0.2) is 18.2 Å². The number of nitrogens with zero attached hydrogens (tertiary/aromatic N) is 2. The number of hydrogen-bond acceptors (Lipinski definition) is 3. The van der Waals surface area contributed by atoms with Crippen molar-refractivity contribution < 1.29 is 5.11 Å². The van der Waals surface area contributed by atoms with Crippen molar-refractivity contribution in [3.8, 4) is 5.75 Å². The maximum atomic E-state index is 9.86. The van der Waals surface area contributed by atoms with Gasteiger partial charge in [-0.05, 0) is 44.5 Å². The molecule has 2 heterocycles. The minimum Gasteiger partial charge on any atom is -0.507 e. The smallest absolute Gasteiger partial charge is 0.126 e. The third kappa shape index (κ3) is 1.78. The largest absolute Gasteiger partial charge is 0.507 e. The van der Waals surface area contributed by atoms with Gasteiger partial charge in [0.2, 0.25) is 0 Å². The van der Waals surface area contributed by atoms with E-state index < -0.39 is 0 Å². The van der Waals surface area contributed by atoms with Crippen LogP contribution >= 0.6 is 0 Å². The van der Waals surface area contributed by atoms with Crippen LogP contribution < -0.4 is 5.32 Å². The zero-order chi connectivity index (χ0) is 11.8. The van der Waals surface area contributed by atoms with Gasteiger partial charge in [0.15, 0.2) is 0 Å². The molecule has 90 valence electrons. The highest BCUT2D eigenvalue weighted by Gasteiger charge is 2.18. The highest BCUT2D eigenvalue weighted by molar-refractivity contribution is 5.87. The lowest BCUT2D eigenvalue weighted by Crippen LogP contribution is -2.15. The number of fused-ring (bicyclic) bond motifs is 1. The first-order valence-electron chi connectivity index (χ1n) is 6.11. The molecule has 1 aliphatic rings. The minimum atomic E-state index is 0.329. The van der Waals surface area contributed by atoms with Gasteiger partial charge in [-0.15, -0.1) is 0 Å². The van der Waals surface area contributed by atoms with E-state index in [4.69, 9.17) is 0 Å². The summed E-state index contributed by atoms with van der Waals surface area (Å²) in [4.78, 5) is 0. The monoisotopic (exact) mass is 231 g/mol. The highest BCUT2D eigenvalue weighted by atomic mass is 16.3. The van der Waals surface area contributed by atoms with Gasteiger partial charge in [0, 0.05) is 6.54 Å². The van der Waals surface area contributed by atoms with Crippen molar-refractivity contribution in [2.24, 2.45) is 5.92 Å². The van der Waals surface area contributed by atoms with Crippen LogP contribution in [-0.4, -0.2) is 28.0 Å². The van der Waals surface area contributed by atoms with Gasteiger partial charge in [-0.2, -0.15) is 5.10 Å². The molecule has 1 aromatic carbocycles. The molecule has 1 unspecified atom stereocenters. The molecule has 1 saturated heterocycles. The van der Waals surface area contributed by atoms with E-state index in [1.54, 1.807) is 6.07 Å². The quantitative estimate of drug-likeness (QED) is 0.826. The summed E-state index contributed by atoms with van der Waals surface area (Å²) in [5.74, 6) is 0.982. The van der Waals surface area contributed by atoms with E-state index in [-0.39, 0.29) is 0 Å². The fraction of sp³-hybridized carbons (Fsp3) is 0.462. The second-order valence-electron chi connectivity index (χ2n) is 4.80. The summed E-state index contributed by atoms with van der Waals surface area (Å²) in [7, 11) is 0. The molecular weight excluding hydrogens is 214 g/mol. The molecule has 0 spiro atoms. The molecule has 2 aromatic rings. The lowest BCUT2D eigenvalue weighted by Gasteiger charge is -2.09. The van der Waals surface area contributed by atoms with Crippen molar-refractivity contribution in [2.45, 2.75) is 19.9 Å². The molecule has 2 N–H and O–H groups in total. The van der Waals surface area contributed by atoms with Gasteiger partial charge >= 0.3 is 0 Å². The van der Waals surface area contributed by atoms with E-state index in [2.05, 4.69) is 10.4 Å².